The van der Waals surface area contributed by atoms with Gasteiger partial charge in [-0.3, -0.25) is 4.79 Å². The lowest BCUT2D eigenvalue weighted by molar-refractivity contribution is -0.116. The van der Waals surface area contributed by atoms with Gasteiger partial charge in [0.15, 0.2) is 5.75 Å². The smallest absolute Gasteiger partial charge is 0.224 e. The van der Waals surface area contributed by atoms with Crippen LogP contribution in [0.2, 0.25) is 0 Å². The summed E-state index contributed by atoms with van der Waals surface area (Å²) in [6.07, 6.45) is 1.29. The Labute approximate surface area is 131 Å². The minimum absolute atomic E-state index is 0.00444. The van der Waals surface area contributed by atoms with Crippen molar-refractivity contribution in [2.45, 2.75) is 19.8 Å². The quantitative estimate of drug-likeness (QED) is 0.766. The highest BCUT2D eigenvalue weighted by Crippen LogP contribution is 2.29. The number of nitrogens with one attached hydrogen (secondary N) is 2. The van der Waals surface area contributed by atoms with E-state index in [9.17, 15) is 4.79 Å². The van der Waals surface area contributed by atoms with E-state index in [4.69, 9.17) is 4.74 Å². The van der Waals surface area contributed by atoms with Gasteiger partial charge in [-0.2, -0.15) is 0 Å². The molecule has 0 aliphatic heterocycles. The molecular formula is C18H22N2O2. The molecule has 0 atom stereocenters. The zero-order valence-electron chi connectivity index (χ0n) is 13.1. The van der Waals surface area contributed by atoms with Crippen molar-refractivity contribution in [1.82, 2.24) is 5.32 Å². The first-order chi connectivity index (χ1) is 10.7. The normalized spacial score (nSPS) is 10.3. The van der Waals surface area contributed by atoms with Crippen LogP contribution in [0.15, 0.2) is 48.5 Å². The fraction of sp³-hybridized carbons (Fsp3) is 0.278. The Kier molecular flexibility index (Phi) is 5.98. The lowest BCUT2D eigenvalue weighted by Gasteiger charge is -2.12. The molecule has 1 amide bonds. The van der Waals surface area contributed by atoms with Gasteiger partial charge in [-0.25, -0.2) is 0 Å². The average molecular weight is 298 g/mol. The molecule has 0 unspecified atom stereocenters. The third-order valence-electron chi connectivity index (χ3n) is 3.24. The van der Waals surface area contributed by atoms with Crippen LogP contribution in [0.3, 0.4) is 0 Å². The third-order valence-corrected chi connectivity index (χ3v) is 3.24. The van der Waals surface area contributed by atoms with Gasteiger partial charge in [-0.15, -0.1) is 0 Å². The van der Waals surface area contributed by atoms with Crippen molar-refractivity contribution >= 4 is 11.6 Å². The van der Waals surface area contributed by atoms with E-state index in [-0.39, 0.29) is 5.91 Å². The molecule has 2 aromatic carbocycles. The summed E-state index contributed by atoms with van der Waals surface area (Å²) < 4.78 is 5.86. The number of amides is 1. The van der Waals surface area contributed by atoms with Gasteiger partial charge in [0.1, 0.15) is 5.75 Å². The summed E-state index contributed by atoms with van der Waals surface area (Å²) in [6, 6.07) is 15.3. The molecule has 0 bridgehead atoms. The molecule has 22 heavy (non-hydrogen) atoms. The maximum atomic E-state index is 11.9. The summed E-state index contributed by atoms with van der Waals surface area (Å²) in [5.74, 6) is 1.39. The molecule has 2 rings (SSSR count). The van der Waals surface area contributed by atoms with Gasteiger partial charge in [-0.1, -0.05) is 29.8 Å². The summed E-state index contributed by atoms with van der Waals surface area (Å²) in [7, 11) is 1.88. The number of para-hydroxylation sites is 2. The van der Waals surface area contributed by atoms with Crippen molar-refractivity contribution in [1.29, 1.82) is 0 Å². The SMILES string of the molecule is CNCCCC(=O)Nc1ccccc1Oc1ccc(C)cc1. The van der Waals surface area contributed by atoms with Gasteiger partial charge >= 0.3 is 0 Å². The predicted octanol–water partition coefficient (Wildman–Crippen LogP) is 3.73. The molecule has 0 aliphatic rings. The zero-order chi connectivity index (χ0) is 15.8. The van der Waals surface area contributed by atoms with Crippen LogP contribution in [0.1, 0.15) is 18.4 Å². The first-order valence-corrected chi connectivity index (χ1v) is 7.47. The second-order valence-corrected chi connectivity index (χ2v) is 5.17. The van der Waals surface area contributed by atoms with E-state index in [1.807, 2.05) is 62.5 Å². The number of anilines is 1. The molecule has 0 spiro atoms. The van der Waals surface area contributed by atoms with Crippen LogP contribution in [0.4, 0.5) is 5.69 Å². The number of carbonyl (C=O) groups excluding carboxylic acids is 1. The maximum Gasteiger partial charge on any atom is 0.224 e. The highest BCUT2D eigenvalue weighted by Gasteiger charge is 2.08. The molecule has 0 aliphatic carbocycles. The molecule has 2 N–H and O–H groups in total. The lowest BCUT2D eigenvalue weighted by atomic mass is 10.2. The molecule has 0 fully saturated rings. The molecule has 0 aromatic heterocycles. The number of aryl methyl sites for hydroxylation is 1. The Morgan fingerprint density at radius 2 is 1.82 bits per heavy atom. The Morgan fingerprint density at radius 3 is 2.55 bits per heavy atom. The van der Waals surface area contributed by atoms with Gasteiger partial charge in [0.05, 0.1) is 5.69 Å². The number of rotatable bonds is 7. The van der Waals surface area contributed by atoms with Crippen LogP contribution in [-0.2, 0) is 4.79 Å². The van der Waals surface area contributed by atoms with Crippen LogP contribution in [0.5, 0.6) is 11.5 Å². The van der Waals surface area contributed by atoms with Crippen LogP contribution in [0, 0.1) is 6.92 Å². The minimum atomic E-state index is -0.00444. The van der Waals surface area contributed by atoms with Crippen LogP contribution < -0.4 is 15.4 Å². The monoisotopic (exact) mass is 298 g/mol. The summed E-state index contributed by atoms with van der Waals surface area (Å²) in [4.78, 5) is 11.9. The summed E-state index contributed by atoms with van der Waals surface area (Å²) in [5.41, 5.74) is 1.87. The maximum absolute atomic E-state index is 11.9. The van der Waals surface area contributed by atoms with E-state index in [0.717, 1.165) is 18.7 Å². The number of benzene rings is 2. The van der Waals surface area contributed by atoms with Crippen molar-refractivity contribution < 1.29 is 9.53 Å². The second kappa shape index (κ2) is 8.20. The topological polar surface area (TPSA) is 50.4 Å². The Hall–Kier alpha value is -2.33. The fourth-order valence-electron chi connectivity index (χ4n) is 2.03. The molecule has 116 valence electrons. The zero-order valence-corrected chi connectivity index (χ0v) is 13.1. The van der Waals surface area contributed by atoms with Crippen LogP contribution in [0.25, 0.3) is 0 Å². The summed E-state index contributed by atoms with van der Waals surface area (Å²) in [6.45, 7) is 2.86. The van der Waals surface area contributed by atoms with Gasteiger partial charge in [0, 0.05) is 6.42 Å². The average Bonchev–Trinajstić information content (AvgIpc) is 2.52. The second-order valence-electron chi connectivity index (χ2n) is 5.17. The lowest BCUT2D eigenvalue weighted by Crippen LogP contribution is -2.15. The van der Waals surface area contributed by atoms with E-state index in [0.29, 0.717) is 17.9 Å². The first-order valence-electron chi connectivity index (χ1n) is 7.47. The van der Waals surface area contributed by atoms with E-state index in [2.05, 4.69) is 10.6 Å². The van der Waals surface area contributed by atoms with Gasteiger partial charge in [0.2, 0.25) is 5.91 Å². The molecule has 2 aromatic rings. The highest BCUT2D eigenvalue weighted by molar-refractivity contribution is 5.92. The van der Waals surface area contributed by atoms with E-state index >= 15 is 0 Å². The van der Waals surface area contributed by atoms with Crippen molar-refractivity contribution in [3.05, 3.63) is 54.1 Å². The predicted molar refractivity (Wildman–Crippen MR) is 89.5 cm³/mol. The highest BCUT2D eigenvalue weighted by atomic mass is 16.5. The third kappa shape index (κ3) is 4.90. The standard InChI is InChI=1S/C18H22N2O2/c1-14-9-11-15(12-10-14)22-17-7-4-3-6-16(17)20-18(21)8-5-13-19-2/h3-4,6-7,9-12,19H,5,8,13H2,1-2H3,(H,20,21). The molecule has 4 heteroatoms. The van der Waals surface area contributed by atoms with E-state index in [1.54, 1.807) is 0 Å². The molecule has 0 saturated carbocycles. The minimum Gasteiger partial charge on any atom is -0.455 e. The Bertz CT molecular complexity index is 609. The van der Waals surface area contributed by atoms with Crippen molar-refractivity contribution in [3.63, 3.8) is 0 Å². The summed E-state index contributed by atoms with van der Waals surface area (Å²) >= 11 is 0. The van der Waals surface area contributed by atoms with Crippen molar-refractivity contribution in [2.75, 3.05) is 18.9 Å². The summed E-state index contributed by atoms with van der Waals surface area (Å²) in [5, 5.41) is 5.94. The van der Waals surface area contributed by atoms with E-state index in [1.165, 1.54) is 5.56 Å². The van der Waals surface area contributed by atoms with Crippen molar-refractivity contribution in [3.8, 4) is 11.5 Å². The molecule has 0 radical (unpaired) electrons. The Morgan fingerprint density at radius 1 is 1.09 bits per heavy atom. The van der Waals surface area contributed by atoms with Gasteiger partial charge in [0.25, 0.3) is 0 Å². The van der Waals surface area contributed by atoms with E-state index < -0.39 is 0 Å². The molecular weight excluding hydrogens is 276 g/mol. The molecule has 0 saturated heterocycles. The van der Waals surface area contributed by atoms with Crippen LogP contribution >= 0.6 is 0 Å². The molecule has 4 nitrogen and oxygen atoms in total. The van der Waals surface area contributed by atoms with Crippen LogP contribution in [-0.4, -0.2) is 19.5 Å². The Balaban J connectivity index is 2.03. The number of hydrogen-bond acceptors (Lipinski definition) is 3. The number of ether oxygens (including phenoxy) is 1. The van der Waals surface area contributed by atoms with Gasteiger partial charge < -0.3 is 15.4 Å². The fourth-order valence-corrected chi connectivity index (χ4v) is 2.03. The first kappa shape index (κ1) is 16.0. The van der Waals surface area contributed by atoms with Crippen molar-refractivity contribution in [2.24, 2.45) is 0 Å². The number of carbonyl (C=O) groups is 1. The number of hydrogen-bond donors (Lipinski definition) is 2. The van der Waals surface area contributed by atoms with Gasteiger partial charge in [-0.05, 0) is 51.2 Å². The molecule has 0 heterocycles. The largest absolute Gasteiger partial charge is 0.455 e.